The van der Waals surface area contributed by atoms with Crippen molar-refractivity contribution in [3.05, 3.63) is 60.0 Å². The molecule has 1 unspecified atom stereocenters. The number of nitrogens with one attached hydrogen (secondary N) is 1. The van der Waals surface area contributed by atoms with Gasteiger partial charge in [0.15, 0.2) is 11.5 Å². The lowest BCUT2D eigenvalue weighted by Crippen LogP contribution is -2.31. The standard InChI is InChI=1S/C22H25N5O3/c1-22(2,3)30-21(29)23-16-9-6-8-15(14-16)20(28)26-13-7-10-17(26)19-25-24-18-11-4-5-12-27(18)19/h4-6,8-9,11-12,14,17H,7,10,13H2,1-3H3,(H,23,29). The van der Waals surface area contributed by atoms with Crippen LogP contribution in [0.2, 0.25) is 0 Å². The van der Waals surface area contributed by atoms with Crippen molar-refractivity contribution in [1.82, 2.24) is 19.5 Å². The molecule has 1 aliphatic heterocycles. The quantitative estimate of drug-likeness (QED) is 0.707. The summed E-state index contributed by atoms with van der Waals surface area (Å²) in [6.07, 6.45) is 3.09. The molecule has 0 aliphatic carbocycles. The zero-order valence-corrected chi connectivity index (χ0v) is 17.3. The molecule has 1 aliphatic rings. The Bertz CT molecular complexity index is 1090. The third-order valence-electron chi connectivity index (χ3n) is 4.91. The van der Waals surface area contributed by atoms with Gasteiger partial charge < -0.3 is 9.64 Å². The number of likely N-dealkylation sites (tertiary alicyclic amines) is 1. The topological polar surface area (TPSA) is 88.8 Å². The summed E-state index contributed by atoms with van der Waals surface area (Å²) in [5, 5.41) is 11.2. The summed E-state index contributed by atoms with van der Waals surface area (Å²) in [6.45, 7) is 6.05. The average molecular weight is 407 g/mol. The number of nitrogens with zero attached hydrogens (tertiary/aromatic N) is 4. The number of amides is 2. The Balaban J connectivity index is 1.54. The van der Waals surface area contributed by atoms with E-state index in [-0.39, 0.29) is 11.9 Å². The fraction of sp³-hybridized carbons (Fsp3) is 0.364. The summed E-state index contributed by atoms with van der Waals surface area (Å²) in [5.41, 5.74) is 1.18. The lowest BCUT2D eigenvalue weighted by atomic mass is 10.1. The highest BCUT2D eigenvalue weighted by molar-refractivity contribution is 5.96. The smallest absolute Gasteiger partial charge is 0.412 e. The molecule has 0 saturated carbocycles. The maximum Gasteiger partial charge on any atom is 0.412 e. The number of fused-ring (bicyclic) bond motifs is 1. The summed E-state index contributed by atoms with van der Waals surface area (Å²) < 4.78 is 7.21. The molecule has 30 heavy (non-hydrogen) atoms. The van der Waals surface area contributed by atoms with Gasteiger partial charge in [-0.2, -0.15) is 0 Å². The van der Waals surface area contributed by atoms with Gasteiger partial charge in [0.05, 0.1) is 6.04 Å². The molecule has 2 aromatic heterocycles. The molecule has 1 aromatic carbocycles. The van der Waals surface area contributed by atoms with E-state index < -0.39 is 11.7 Å². The van der Waals surface area contributed by atoms with Crippen LogP contribution in [0.4, 0.5) is 10.5 Å². The molecule has 2 amide bonds. The predicted molar refractivity (Wildman–Crippen MR) is 112 cm³/mol. The molecule has 0 bridgehead atoms. The summed E-state index contributed by atoms with van der Waals surface area (Å²) in [4.78, 5) is 27.2. The van der Waals surface area contributed by atoms with Crippen LogP contribution in [-0.2, 0) is 4.74 Å². The zero-order valence-electron chi connectivity index (χ0n) is 17.3. The van der Waals surface area contributed by atoms with Crippen LogP contribution in [0.5, 0.6) is 0 Å². The van der Waals surface area contributed by atoms with Crippen molar-refractivity contribution < 1.29 is 14.3 Å². The van der Waals surface area contributed by atoms with Crippen LogP contribution in [0.3, 0.4) is 0 Å². The second-order valence-electron chi connectivity index (χ2n) is 8.35. The highest BCUT2D eigenvalue weighted by Crippen LogP contribution is 2.32. The Kier molecular flexibility index (Phi) is 5.15. The Hall–Kier alpha value is -3.42. The van der Waals surface area contributed by atoms with Crippen molar-refractivity contribution in [3.63, 3.8) is 0 Å². The highest BCUT2D eigenvalue weighted by atomic mass is 16.6. The molecular formula is C22H25N5O3. The lowest BCUT2D eigenvalue weighted by molar-refractivity contribution is 0.0634. The van der Waals surface area contributed by atoms with Crippen molar-refractivity contribution in [2.75, 3.05) is 11.9 Å². The number of benzene rings is 1. The normalized spacial score (nSPS) is 16.6. The second kappa shape index (κ2) is 7.78. The van der Waals surface area contributed by atoms with E-state index >= 15 is 0 Å². The third-order valence-corrected chi connectivity index (χ3v) is 4.91. The van der Waals surface area contributed by atoms with Gasteiger partial charge in [0.25, 0.3) is 5.91 Å². The number of carbonyl (C=O) groups is 2. The molecule has 156 valence electrons. The molecule has 4 rings (SSSR count). The Labute approximate surface area is 174 Å². The predicted octanol–water partition coefficient (Wildman–Crippen LogP) is 4.05. The number of aromatic nitrogens is 3. The Morgan fingerprint density at radius 3 is 2.77 bits per heavy atom. The van der Waals surface area contributed by atoms with Gasteiger partial charge in [0.2, 0.25) is 0 Å². The molecule has 0 radical (unpaired) electrons. The van der Waals surface area contributed by atoms with Crippen molar-refractivity contribution in [2.45, 2.75) is 45.3 Å². The van der Waals surface area contributed by atoms with Crippen LogP contribution in [0, 0.1) is 0 Å². The van der Waals surface area contributed by atoms with E-state index in [4.69, 9.17) is 4.74 Å². The Morgan fingerprint density at radius 1 is 1.13 bits per heavy atom. The van der Waals surface area contributed by atoms with Crippen LogP contribution in [0.1, 0.15) is 55.8 Å². The van der Waals surface area contributed by atoms with Crippen LogP contribution in [-0.4, -0.2) is 43.6 Å². The molecule has 1 atom stereocenters. The van der Waals surface area contributed by atoms with E-state index in [0.717, 1.165) is 24.3 Å². The first-order valence-electron chi connectivity index (χ1n) is 10.0. The first kappa shape index (κ1) is 19.9. The monoisotopic (exact) mass is 407 g/mol. The van der Waals surface area contributed by atoms with Crippen LogP contribution in [0.25, 0.3) is 5.65 Å². The van der Waals surface area contributed by atoms with Crippen LogP contribution >= 0.6 is 0 Å². The summed E-state index contributed by atoms with van der Waals surface area (Å²) >= 11 is 0. The third kappa shape index (κ3) is 4.12. The van der Waals surface area contributed by atoms with Gasteiger partial charge in [0.1, 0.15) is 5.60 Å². The molecule has 3 heterocycles. The SMILES string of the molecule is CC(C)(C)OC(=O)Nc1cccc(C(=O)N2CCCC2c2nnc3ccccn23)c1. The molecule has 8 heteroatoms. The minimum absolute atomic E-state index is 0.0991. The number of pyridine rings is 1. The zero-order chi connectivity index (χ0) is 21.3. The van der Waals surface area contributed by atoms with Gasteiger partial charge in [-0.25, -0.2) is 4.79 Å². The number of hydrogen-bond donors (Lipinski definition) is 1. The van der Waals surface area contributed by atoms with Crippen molar-refractivity contribution in [3.8, 4) is 0 Å². The molecule has 1 N–H and O–H groups in total. The van der Waals surface area contributed by atoms with Gasteiger partial charge >= 0.3 is 6.09 Å². The van der Waals surface area contributed by atoms with E-state index in [1.807, 2.05) is 33.7 Å². The largest absolute Gasteiger partial charge is 0.444 e. The van der Waals surface area contributed by atoms with Gasteiger partial charge in [-0.1, -0.05) is 12.1 Å². The van der Waals surface area contributed by atoms with E-state index in [2.05, 4.69) is 15.5 Å². The number of ether oxygens (including phenoxy) is 1. The van der Waals surface area contributed by atoms with Gasteiger partial charge in [-0.3, -0.25) is 14.5 Å². The Morgan fingerprint density at radius 2 is 1.97 bits per heavy atom. The molecule has 8 nitrogen and oxygen atoms in total. The number of anilines is 1. The second-order valence-corrected chi connectivity index (χ2v) is 8.35. The molecular weight excluding hydrogens is 382 g/mol. The van der Waals surface area contributed by atoms with E-state index in [1.165, 1.54) is 0 Å². The summed E-state index contributed by atoms with van der Waals surface area (Å²) in [7, 11) is 0. The minimum Gasteiger partial charge on any atom is -0.444 e. The minimum atomic E-state index is -0.596. The summed E-state index contributed by atoms with van der Waals surface area (Å²) in [6, 6.07) is 12.5. The highest BCUT2D eigenvalue weighted by Gasteiger charge is 2.33. The lowest BCUT2D eigenvalue weighted by Gasteiger charge is -2.24. The number of rotatable bonds is 3. The van der Waals surface area contributed by atoms with Gasteiger partial charge in [-0.05, 0) is 63.9 Å². The molecule has 0 spiro atoms. The van der Waals surface area contributed by atoms with Gasteiger partial charge in [0, 0.05) is 24.0 Å². The van der Waals surface area contributed by atoms with E-state index in [9.17, 15) is 9.59 Å². The summed E-state index contributed by atoms with van der Waals surface area (Å²) in [5.74, 6) is 0.664. The van der Waals surface area contributed by atoms with Crippen molar-refractivity contribution >= 4 is 23.3 Å². The number of carbonyl (C=O) groups excluding carboxylic acids is 2. The maximum atomic E-state index is 13.3. The number of hydrogen-bond acceptors (Lipinski definition) is 5. The fourth-order valence-electron chi connectivity index (χ4n) is 3.68. The first-order chi connectivity index (χ1) is 14.3. The fourth-order valence-corrected chi connectivity index (χ4v) is 3.68. The molecule has 3 aromatic rings. The van der Waals surface area contributed by atoms with Gasteiger partial charge in [-0.15, -0.1) is 10.2 Å². The van der Waals surface area contributed by atoms with Crippen molar-refractivity contribution in [2.24, 2.45) is 0 Å². The first-order valence-corrected chi connectivity index (χ1v) is 10.0. The van der Waals surface area contributed by atoms with E-state index in [0.29, 0.717) is 17.8 Å². The van der Waals surface area contributed by atoms with E-state index in [1.54, 1.807) is 45.0 Å². The molecule has 1 saturated heterocycles. The maximum absolute atomic E-state index is 13.3. The average Bonchev–Trinajstić information content (AvgIpc) is 3.32. The van der Waals surface area contributed by atoms with Crippen LogP contribution in [0.15, 0.2) is 48.7 Å². The van der Waals surface area contributed by atoms with Crippen molar-refractivity contribution in [1.29, 1.82) is 0 Å². The van der Waals surface area contributed by atoms with Crippen LogP contribution < -0.4 is 5.32 Å². The molecule has 1 fully saturated rings.